The van der Waals surface area contributed by atoms with Crippen LogP contribution >= 0.6 is 0 Å². The molecule has 5 nitrogen and oxygen atoms in total. The number of carbonyl (C=O) groups excluding carboxylic acids is 2. The summed E-state index contributed by atoms with van der Waals surface area (Å²) in [6, 6.07) is 4.92. The first kappa shape index (κ1) is 12.2. The van der Waals surface area contributed by atoms with Gasteiger partial charge in [0.15, 0.2) is 0 Å². The highest BCUT2D eigenvalue weighted by molar-refractivity contribution is 5.92. The van der Waals surface area contributed by atoms with Crippen molar-refractivity contribution in [3.63, 3.8) is 0 Å². The van der Waals surface area contributed by atoms with Crippen molar-refractivity contribution in [2.75, 3.05) is 10.6 Å². The number of hydrogen-bond acceptors (Lipinski definition) is 3. The third-order valence-electron chi connectivity index (χ3n) is 1.82. The predicted octanol–water partition coefficient (Wildman–Crippen LogP) is 1.10. The molecule has 2 amide bonds. The summed E-state index contributed by atoms with van der Waals surface area (Å²) < 4.78 is 0. The molecule has 0 bridgehead atoms. The van der Waals surface area contributed by atoms with Gasteiger partial charge in [-0.15, -0.1) is 0 Å². The minimum Gasteiger partial charge on any atom is -0.392 e. The lowest BCUT2D eigenvalue weighted by atomic mass is 10.1. The van der Waals surface area contributed by atoms with Crippen molar-refractivity contribution in [1.29, 1.82) is 0 Å². The van der Waals surface area contributed by atoms with E-state index < -0.39 is 0 Å². The van der Waals surface area contributed by atoms with Gasteiger partial charge < -0.3 is 15.7 Å². The summed E-state index contributed by atoms with van der Waals surface area (Å²) in [6.07, 6.45) is 0. The van der Waals surface area contributed by atoms with Crippen LogP contribution in [0.3, 0.4) is 0 Å². The van der Waals surface area contributed by atoms with Crippen LogP contribution in [0.2, 0.25) is 0 Å². The molecule has 86 valence electrons. The highest BCUT2D eigenvalue weighted by Crippen LogP contribution is 2.19. The fourth-order valence-electron chi connectivity index (χ4n) is 1.33. The summed E-state index contributed by atoms with van der Waals surface area (Å²) in [5.74, 6) is -0.410. The lowest BCUT2D eigenvalue weighted by molar-refractivity contribution is -0.115. The van der Waals surface area contributed by atoms with Crippen molar-refractivity contribution in [3.8, 4) is 0 Å². The molecule has 0 aliphatic heterocycles. The number of hydrogen-bond donors (Lipinski definition) is 3. The van der Waals surface area contributed by atoms with Gasteiger partial charge in [-0.1, -0.05) is 0 Å². The third-order valence-corrected chi connectivity index (χ3v) is 1.82. The summed E-state index contributed by atoms with van der Waals surface area (Å²) in [5, 5.41) is 14.2. The van der Waals surface area contributed by atoms with Gasteiger partial charge in [0.1, 0.15) is 0 Å². The van der Waals surface area contributed by atoms with E-state index in [2.05, 4.69) is 10.6 Å². The van der Waals surface area contributed by atoms with Crippen molar-refractivity contribution < 1.29 is 14.7 Å². The lowest BCUT2D eigenvalue weighted by Gasteiger charge is -2.09. The SMILES string of the molecule is CC(=O)Nc1cc(CO)cc(NC(C)=O)c1. The second kappa shape index (κ2) is 5.27. The molecule has 0 radical (unpaired) electrons. The van der Waals surface area contributed by atoms with E-state index in [4.69, 9.17) is 5.11 Å². The Balaban J connectivity index is 3.00. The second-order valence-corrected chi connectivity index (χ2v) is 3.44. The first-order valence-electron chi connectivity index (χ1n) is 4.81. The van der Waals surface area contributed by atoms with E-state index in [1.165, 1.54) is 13.8 Å². The number of aliphatic hydroxyl groups is 1. The Labute approximate surface area is 93.5 Å². The molecule has 0 saturated heterocycles. The van der Waals surface area contributed by atoms with E-state index in [9.17, 15) is 9.59 Å². The topological polar surface area (TPSA) is 78.4 Å². The van der Waals surface area contributed by atoms with E-state index in [-0.39, 0.29) is 18.4 Å². The minimum absolute atomic E-state index is 0.153. The molecule has 3 N–H and O–H groups in total. The van der Waals surface area contributed by atoms with Gasteiger partial charge in [0.2, 0.25) is 11.8 Å². The molecule has 0 unspecified atom stereocenters. The maximum absolute atomic E-state index is 10.9. The maximum atomic E-state index is 10.9. The van der Waals surface area contributed by atoms with Crippen LogP contribution in [0.1, 0.15) is 19.4 Å². The summed E-state index contributed by atoms with van der Waals surface area (Å²) in [4.78, 5) is 21.8. The van der Waals surface area contributed by atoms with Crippen molar-refractivity contribution in [2.24, 2.45) is 0 Å². The first-order valence-corrected chi connectivity index (χ1v) is 4.81. The van der Waals surface area contributed by atoms with Crippen molar-refractivity contribution in [2.45, 2.75) is 20.5 Å². The van der Waals surface area contributed by atoms with Crippen molar-refractivity contribution in [3.05, 3.63) is 23.8 Å². The van der Waals surface area contributed by atoms with Gasteiger partial charge in [0, 0.05) is 25.2 Å². The normalized spacial score (nSPS) is 9.69. The summed E-state index contributed by atoms with van der Waals surface area (Å²) in [5.41, 5.74) is 1.71. The van der Waals surface area contributed by atoms with Gasteiger partial charge in [-0.25, -0.2) is 0 Å². The van der Waals surface area contributed by atoms with Gasteiger partial charge in [-0.05, 0) is 23.8 Å². The van der Waals surface area contributed by atoms with Gasteiger partial charge in [-0.3, -0.25) is 9.59 Å². The van der Waals surface area contributed by atoms with E-state index in [1.807, 2.05) is 0 Å². The molecule has 0 aliphatic rings. The van der Waals surface area contributed by atoms with Crippen LogP contribution < -0.4 is 10.6 Å². The molecule has 1 rings (SSSR count). The van der Waals surface area contributed by atoms with Crippen molar-refractivity contribution in [1.82, 2.24) is 0 Å². The smallest absolute Gasteiger partial charge is 0.221 e. The van der Waals surface area contributed by atoms with Gasteiger partial charge in [-0.2, -0.15) is 0 Å². The largest absolute Gasteiger partial charge is 0.392 e. The lowest BCUT2D eigenvalue weighted by Crippen LogP contribution is -2.09. The average Bonchev–Trinajstić information content (AvgIpc) is 2.14. The van der Waals surface area contributed by atoms with Crippen molar-refractivity contribution >= 4 is 23.2 Å². The standard InChI is InChI=1S/C11H14N2O3/c1-7(15)12-10-3-9(6-14)4-11(5-10)13-8(2)16/h3-5,14H,6H2,1-2H3,(H,12,15)(H,13,16). The fraction of sp³-hybridized carbons (Fsp3) is 0.273. The van der Waals surface area contributed by atoms with Crippen LogP contribution in [-0.4, -0.2) is 16.9 Å². The zero-order chi connectivity index (χ0) is 12.1. The van der Waals surface area contributed by atoms with E-state index in [1.54, 1.807) is 18.2 Å². The zero-order valence-corrected chi connectivity index (χ0v) is 9.20. The van der Waals surface area contributed by atoms with Gasteiger partial charge in [0.05, 0.1) is 6.61 Å². The number of amides is 2. The number of rotatable bonds is 3. The molecule has 0 aromatic heterocycles. The number of carbonyl (C=O) groups is 2. The molecule has 0 heterocycles. The van der Waals surface area contributed by atoms with E-state index in [0.29, 0.717) is 16.9 Å². The molecule has 0 fully saturated rings. The molecule has 0 aliphatic carbocycles. The van der Waals surface area contributed by atoms with Crippen LogP contribution in [0.15, 0.2) is 18.2 Å². The van der Waals surface area contributed by atoms with Crippen LogP contribution in [0.25, 0.3) is 0 Å². The quantitative estimate of drug-likeness (QED) is 0.716. The molecule has 0 spiro atoms. The Morgan fingerprint density at radius 1 is 1.06 bits per heavy atom. The number of aliphatic hydroxyl groups excluding tert-OH is 1. The molecular formula is C11H14N2O3. The average molecular weight is 222 g/mol. The fourth-order valence-corrected chi connectivity index (χ4v) is 1.33. The van der Waals surface area contributed by atoms with Crippen LogP contribution in [-0.2, 0) is 16.2 Å². The molecule has 1 aromatic carbocycles. The summed E-state index contributed by atoms with van der Waals surface area (Å²) >= 11 is 0. The monoisotopic (exact) mass is 222 g/mol. The number of nitrogens with one attached hydrogen (secondary N) is 2. The van der Waals surface area contributed by atoms with Crippen LogP contribution in [0.4, 0.5) is 11.4 Å². The second-order valence-electron chi connectivity index (χ2n) is 3.44. The van der Waals surface area contributed by atoms with Crippen LogP contribution in [0, 0.1) is 0 Å². The summed E-state index contributed by atoms with van der Waals surface area (Å²) in [7, 11) is 0. The molecule has 16 heavy (non-hydrogen) atoms. The number of benzene rings is 1. The van der Waals surface area contributed by atoms with E-state index in [0.717, 1.165) is 0 Å². The third kappa shape index (κ3) is 3.70. The number of anilines is 2. The highest BCUT2D eigenvalue weighted by Gasteiger charge is 2.03. The van der Waals surface area contributed by atoms with E-state index >= 15 is 0 Å². The Morgan fingerprint density at radius 3 is 1.81 bits per heavy atom. The Bertz CT molecular complexity index is 381. The molecule has 0 atom stereocenters. The maximum Gasteiger partial charge on any atom is 0.221 e. The minimum atomic E-state index is -0.205. The summed E-state index contributed by atoms with van der Waals surface area (Å²) in [6.45, 7) is 2.63. The molecule has 1 aromatic rings. The molecule has 5 heteroatoms. The van der Waals surface area contributed by atoms with Gasteiger partial charge in [0.25, 0.3) is 0 Å². The molecule has 0 saturated carbocycles. The van der Waals surface area contributed by atoms with Crippen LogP contribution in [0.5, 0.6) is 0 Å². The van der Waals surface area contributed by atoms with Gasteiger partial charge >= 0.3 is 0 Å². The Hall–Kier alpha value is -1.88. The first-order chi connectivity index (χ1) is 7.51. The Kier molecular flexibility index (Phi) is 4.02. The highest BCUT2D eigenvalue weighted by atomic mass is 16.3. The molecular weight excluding hydrogens is 208 g/mol. The Morgan fingerprint density at radius 2 is 1.50 bits per heavy atom. The zero-order valence-electron chi connectivity index (χ0n) is 9.20. The predicted molar refractivity (Wildman–Crippen MR) is 61.0 cm³/mol.